The van der Waals surface area contributed by atoms with Gasteiger partial charge in [0, 0.05) is 37.1 Å². The van der Waals surface area contributed by atoms with Gasteiger partial charge in [0.1, 0.15) is 0 Å². The summed E-state index contributed by atoms with van der Waals surface area (Å²) in [6, 6.07) is 11.7. The maximum atomic E-state index is 9.49. The highest BCUT2D eigenvalue weighted by molar-refractivity contribution is 5.80. The van der Waals surface area contributed by atoms with E-state index in [1.807, 2.05) is 0 Å². The third-order valence-electron chi connectivity index (χ3n) is 5.79. The van der Waals surface area contributed by atoms with Gasteiger partial charge in [0.15, 0.2) is 5.96 Å². The minimum atomic E-state index is 0.0642. The molecule has 0 radical (unpaired) electrons. The fraction of sp³-hybridized carbons (Fsp3) is 0.667. The molecule has 0 spiro atoms. The molecule has 1 aliphatic carbocycles. The Kier molecular flexibility index (Phi) is 6.54. The van der Waals surface area contributed by atoms with Crippen LogP contribution < -0.4 is 10.6 Å². The lowest BCUT2D eigenvalue weighted by Gasteiger charge is -2.38. The molecule has 26 heavy (non-hydrogen) atoms. The summed E-state index contributed by atoms with van der Waals surface area (Å²) < 4.78 is 0. The van der Waals surface area contributed by atoms with Gasteiger partial charge in [-0.2, -0.15) is 0 Å². The van der Waals surface area contributed by atoms with E-state index in [-0.39, 0.29) is 12.0 Å². The van der Waals surface area contributed by atoms with Crippen molar-refractivity contribution in [3.8, 4) is 0 Å². The number of nitrogens with zero attached hydrogens (tertiary/aromatic N) is 2. The van der Waals surface area contributed by atoms with Crippen molar-refractivity contribution in [2.45, 2.75) is 58.2 Å². The van der Waals surface area contributed by atoms with Gasteiger partial charge in [0.05, 0.1) is 13.2 Å². The number of aliphatic hydroxyl groups excluding tert-OH is 1. The summed E-state index contributed by atoms with van der Waals surface area (Å²) in [4.78, 5) is 7.32. The van der Waals surface area contributed by atoms with E-state index in [1.165, 1.54) is 5.56 Å². The van der Waals surface area contributed by atoms with E-state index in [9.17, 15) is 5.11 Å². The molecule has 2 unspecified atom stereocenters. The summed E-state index contributed by atoms with van der Waals surface area (Å²) in [5.41, 5.74) is 1.45. The molecule has 1 saturated heterocycles. The minimum absolute atomic E-state index is 0.0642. The number of nitrogens with one attached hydrogen (secondary N) is 2. The van der Waals surface area contributed by atoms with Gasteiger partial charge in [0.2, 0.25) is 0 Å². The SMILES string of the molecule is CCNC(=NCC1(CO)CC1)NC1CCN(Cc2ccccc2)C(C)C1. The number of aliphatic hydroxyl groups is 1. The molecule has 1 saturated carbocycles. The van der Waals surface area contributed by atoms with Crippen molar-refractivity contribution in [3.05, 3.63) is 35.9 Å². The van der Waals surface area contributed by atoms with Crippen LogP contribution in [0.5, 0.6) is 0 Å². The van der Waals surface area contributed by atoms with Crippen LogP contribution in [-0.2, 0) is 6.54 Å². The number of likely N-dealkylation sites (tertiary alicyclic amines) is 1. The van der Waals surface area contributed by atoms with E-state index in [4.69, 9.17) is 4.99 Å². The topological polar surface area (TPSA) is 59.9 Å². The number of benzene rings is 1. The highest BCUT2D eigenvalue weighted by atomic mass is 16.3. The van der Waals surface area contributed by atoms with Crippen LogP contribution >= 0.6 is 0 Å². The van der Waals surface area contributed by atoms with Crippen molar-refractivity contribution in [2.75, 3.05) is 26.2 Å². The van der Waals surface area contributed by atoms with Gasteiger partial charge in [-0.05, 0) is 45.1 Å². The zero-order valence-corrected chi connectivity index (χ0v) is 16.2. The molecule has 1 aromatic rings. The Morgan fingerprint density at radius 3 is 2.69 bits per heavy atom. The largest absolute Gasteiger partial charge is 0.396 e. The summed E-state index contributed by atoms with van der Waals surface area (Å²) in [5.74, 6) is 0.904. The highest BCUT2D eigenvalue weighted by Gasteiger charge is 2.41. The zero-order valence-electron chi connectivity index (χ0n) is 16.2. The van der Waals surface area contributed by atoms with E-state index in [2.05, 4.69) is 59.7 Å². The van der Waals surface area contributed by atoms with E-state index in [1.54, 1.807) is 0 Å². The predicted molar refractivity (Wildman–Crippen MR) is 107 cm³/mol. The first-order chi connectivity index (χ1) is 12.6. The van der Waals surface area contributed by atoms with Gasteiger partial charge in [-0.15, -0.1) is 0 Å². The number of hydrogen-bond donors (Lipinski definition) is 3. The van der Waals surface area contributed by atoms with Crippen molar-refractivity contribution >= 4 is 5.96 Å². The first kappa shape index (κ1) is 19.2. The van der Waals surface area contributed by atoms with Crippen LogP contribution in [0.4, 0.5) is 0 Å². The quantitative estimate of drug-likeness (QED) is 0.517. The van der Waals surface area contributed by atoms with Gasteiger partial charge in [-0.1, -0.05) is 30.3 Å². The second-order valence-corrected chi connectivity index (χ2v) is 8.02. The van der Waals surface area contributed by atoms with E-state index >= 15 is 0 Å². The molecular weight excluding hydrogens is 324 g/mol. The molecule has 3 rings (SSSR count). The molecule has 5 nitrogen and oxygen atoms in total. The third kappa shape index (κ3) is 5.21. The molecule has 1 aromatic carbocycles. The second kappa shape index (κ2) is 8.87. The van der Waals surface area contributed by atoms with Crippen molar-refractivity contribution < 1.29 is 5.11 Å². The molecule has 2 atom stereocenters. The molecule has 5 heteroatoms. The lowest BCUT2D eigenvalue weighted by Crippen LogP contribution is -2.51. The van der Waals surface area contributed by atoms with Crippen LogP contribution in [0, 0.1) is 5.41 Å². The first-order valence-corrected chi connectivity index (χ1v) is 10.1. The van der Waals surface area contributed by atoms with Crippen molar-refractivity contribution in [1.82, 2.24) is 15.5 Å². The van der Waals surface area contributed by atoms with Crippen LogP contribution in [0.2, 0.25) is 0 Å². The molecule has 1 heterocycles. The van der Waals surface area contributed by atoms with Crippen molar-refractivity contribution in [1.29, 1.82) is 0 Å². The number of rotatable bonds is 7. The van der Waals surface area contributed by atoms with E-state index < -0.39 is 0 Å². The Hall–Kier alpha value is -1.59. The maximum absolute atomic E-state index is 9.49. The molecule has 0 bridgehead atoms. The summed E-state index contributed by atoms with van der Waals surface area (Å²) in [6.45, 7) is 8.40. The second-order valence-electron chi connectivity index (χ2n) is 8.02. The smallest absolute Gasteiger partial charge is 0.191 e. The van der Waals surface area contributed by atoms with E-state index in [0.717, 1.165) is 57.8 Å². The summed E-state index contributed by atoms with van der Waals surface area (Å²) >= 11 is 0. The van der Waals surface area contributed by atoms with Crippen molar-refractivity contribution in [3.63, 3.8) is 0 Å². The van der Waals surface area contributed by atoms with Gasteiger partial charge < -0.3 is 15.7 Å². The summed E-state index contributed by atoms with van der Waals surface area (Å²) in [7, 11) is 0. The number of piperidine rings is 1. The minimum Gasteiger partial charge on any atom is -0.396 e. The number of guanidine groups is 1. The maximum Gasteiger partial charge on any atom is 0.191 e. The van der Waals surface area contributed by atoms with Gasteiger partial charge in [-0.25, -0.2) is 0 Å². The monoisotopic (exact) mass is 358 g/mol. The Balaban J connectivity index is 1.51. The highest BCUT2D eigenvalue weighted by Crippen LogP contribution is 2.45. The fourth-order valence-corrected chi connectivity index (χ4v) is 3.71. The first-order valence-electron chi connectivity index (χ1n) is 10.1. The average Bonchev–Trinajstić information content (AvgIpc) is 3.44. The molecule has 2 fully saturated rings. The molecule has 2 aliphatic rings. The average molecular weight is 359 g/mol. The molecule has 3 N–H and O–H groups in total. The predicted octanol–water partition coefficient (Wildman–Crippen LogP) is 2.37. The lowest BCUT2D eigenvalue weighted by molar-refractivity contribution is 0.134. The molecular formula is C21H34N4O. The van der Waals surface area contributed by atoms with Crippen LogP contribution in [0.15, 0.2) is 35.3 Å². The Bertz CT molecular complexity index is 585. The van der Waals surface area contributed by atoms with Crippen LogP contribution in [-0.4, -0.2) is 54.3 Å². The normalized spacial score (nSPS) is 25.7. The Labute approximate surface area is 157 Å². The van der Waals surface area contributed by atoms with Crippen molar-refractivity contribution in [2.24, 2.45) is 10.4 Å². The van der Waals surface area contributed by atoms with Gasteiger partial charge in [-0.3, -0.25) is 9.89 Å². The Morgan fingerprint density at radius 1 is 1.31 bits per heavy atom. The summed E-state index contributed by atoms with van der Waals surface area (Å²) in [6.07, 6.45) is 4.46. The Morgan fingerprint density at radius 2 is 2.08 bits per heavy atom. The van der Waals surface area contributed by atoms with Gasteiger partial charge in [0.25, 0.3) is 0 Å². The molecule has 144 valence electrons. The van der Waals surface area contributed by atoms with Crippen LogP contribution in [0.3, 0.4) is 0 Å². The third-order valence-corrected chi connectivity index (χ3v) is 5.79. The zero-order chi connectivity index (χ0) is 18.4. The lowest BCUT2D eigenvalue weighted by atomic mass is 9.97. The van der Waals surface area contributed by atoms with Gasteiger partial charge >= 0.3 is 0 Å². The van der Waals surface area contributed by atoms with Crippen LogP contribution in [0.25, 0.3) is 0 Å². The number of hydrogen-bond acceptors (Lipinski definition) is 3. The van der Waals surface area contributed by atoms with E-state index in [0.29, 0.717) is 12.1 Å². The molecule has 0 amide bonds. The fourth-order valence-electron chi connectivity index (χ4n) is 3.71. The number of aliphatic imine (C=N–C) groups is 1. The molecule has 1 aliphatic heterocycles. The molecule has 0 aromatic heterocycles. The standard InChI is InChI=1S/C21H34N4O/c1-3-22-20(23-15-21(16-26)10-11-21)24-19-9-12-25(17(2)13-19)14-18-7-5-4-6-8-18/h4-8,17,19,26H,3,9-16H2,1-2H3,(H2,22,23,24). The van der Waals surface area contributed by atoms with Crippen LogP contribution in [0.1, 0.15) is 45.1 Å². The summed E-state index contributed by atoms with van der Waals surface area (Å²) in [5, 5.41) is 16.5.